The maximum atomic E-state index is 3.61. The van der Waals surface area contributed by atoms with Gasteiger partial charge in [-0.1, -0.05) is 80.4 Å². The molecule has 0 spiro atoms. The lowest BCUT2D eigenvalue weighted by Crippen LogP contribution is -2.20. The van der Waals surface area contributed by atoms with Crippen molar-refractivity contribution < 1.29 is 0 Å². The fourth-order valence-electron chi connectivity index (χ4n) is 2.82. The average molecular weight is 281 g/mol. The number of benzene rings is 2. The molecule has 0 aromatic heterocycles. The third-order valence-corrected chi connectivity index (χ3v) is 3.95. The van der Waals surface area contributed by atoms with Gasteiger partial charge in [-0.3, -0.25) is 0 Å². The van der Waals surface area contributed by atoms with Crippen molar-refractivity contribution in [3.8, 4) is 0 Å². The van der Waals surface area contributed by atoms with Gasteiger partial charge < -0.3 is 5.32 Å². The SMILES string of the molecule is CCNC(CCCCCc1ccccc1)c1ccccc1. The third-order valence-electron chi connectivity index (χ3n) is 3.95. The minimum absolute atomic E-state index is 0.507. The normalized spacial score (nSPS) is 12.2. The van der Waals surface area contributed by atoms with Crippen LogP contribution >= 0.6 is 0 Å². The number of nitrogens with one attached hydrogen (secondary N) is 1. The van der Waals surface area contributed by atoms with E-state index in [-0.39, 0.29) is 0 Å². The van der Waals surface area contributed by atoms with E-state index in [2.05, 4.69) is 72.9 Å². The highest BCUT2D eigenvalue weighted by atomic mass is 14.9. The van der Waals surface area contributed by atoms with Crippen LogP contribution in [0.25, 0.3) is 0 Å². The van der Waals surface area contributed by atoms with Gasteiger partial charge in [0.1, 0.15) is 0 Å². The molecule has 1 N–H and O–H groups in total. The molecule has 2 rings (SSSR count). The Morgan fingerprint density at radius 1 is 0.810 bits per heavy atom. The van der Waals surface area contributed by atoms with Crippen molar-refractivity contribution >= 4 is 0 Å². The predicted octanol–water partition coefficient (Wildman–Crippen LogP) is 5.14. The standard InChI is InChI=1S/C20H27N/c1-2-21-20(19-15-9-5-10-16-19)17-11-4-8-14-18-12-6-3-7-13-18/h3,5-7,9-10,12-13,15-16,20-21H,2,4,8,11,14,17H2,1H3. The minimum Gasteiger partial charge on any atom is -0.310 e. The number of aryl methyl sites for hydroxylation is 1. The summed E-state index contributed by atoms with van der Waals surface area (Å²) in [5.74, 6) is 0. The molecule has 0 aliphatic rings. The molecule has 1 nitrogen and oxygen atoms in total. The molecule has 0 fully saturated rings. The minimum atomic E-state index is 0.507. The highest BCUT2D eigenvalue weighted by molar-refractivity contribution is 5.18. The zero-order chi connectivity index (χ0) is 14.8. The summed E-state index contributed by atoms with van der Waals surface area (Å²) >= 11 is 0. The van der Waals surface area contributed by atoms with Gasteiger partial charge in [0, 0.05) is 6.04 Å². The van der Waals surface area contributed by atoms with E-state index < -0.39 is 0 Å². The maximum absolute atomic E-state index is 3.61. The Morgan fingerprint density at radius 2 is 1.48 bits per heavy atom. The first-order chi connectivity index (χ1) is 10.4. The molecule has 2 aromatic rings. The Morgan fingerprint density at radius 3 is 2.14 bits per heavy atom. The monoisotopic (exact) mass is 281 g/mol. The van der Waals surface area contributed by atoms with Crippen LogP contribution in [-0.4, -0.2) is 6.54 Å². The first-order valence-electron chi connectivity index (χ1n) is 8.22. The largest absolute Gasteiger partial charge is 0.310 e. The van der Waals surface area contributed by atoms with Gasteiger partial charge in [0.15, 0.2) is 0 Å². The molecule has 0 radical (unpaired) electrons. The highest BCUT2D eigenvalue weighted by Crippen LogP contribution is 2.20. The molecule has 0 amide bonds. The molecule has 0 saturated carbocycles. The van der Waals surface area contributed by atoms with E-state index in [1.165, 1.54) is 43.2 Å². The van der Waals surface area contributed by atoms with Crippen LogP contribution in [-0.2, 0) is 6.42 Å². The van der Waals surface area contributed by atoms with Crippen molar-refractivity contribution in [3.63, 3.8) is 0 Å². The average Bonchev–Trinajstić information content (AvgIpc) is 2.55. The molecule has 1 unspecified atom stereocenters. The molecule has 21 heavy (non-hydrogen) atoms. The molecule has 2 aromatic carbocycles. The summed E-state index contributed by atoms with van der Waals surface area (Å²) in [5.41, 5.74) is 2.88. The van der Waals surface area contributed by atoms with Crippen LogP contribution in [0.5, 0.6) is 0 Å². The number of hydrogen-bond donors (Lipinski definition) is 1. The van der Waals surface area contributed by atoms with Crippen molar-refractivity contribution in [1.29, 1.82) is 0 Å². The van der Waals surface area contributed by atoms with Crippen molar-refractivity contribution in [2.75, 3.05) is 6.54 Å². The van der Waals surface area contributed by atoms with Crippen molar-refractivity contribution in [3.05, 3.63) is 71.8 Å². The fourth-order valence-corrected chi connectivity index (χ4v) is 2.82. The van der Waals surface area contributed by atoms with Gasteiger partial charge in [-0.2, -0.15) is 0 Å². The molecule has 1 heteroatoms. The second kappa shape index (κ2) is 9.36. The second-order valence-electron chi connectivity index (χ2n) is 5.61. The lowest BCUT2D eigenvalue weighted by molar-refractivity contribution is 0.483. The van der Waals surface area contributed by atoms with Crippen LogP contribution in [0, 0.1) is 0 Å². The highest BCUT2D eigenvalue weighted by Gasteiger charge is 2.08. The van der Waals surface area contributed by atoms with E-state index in [1.807, 2.05) is 0 Å². The van der Waals surface area contributed by atoms with Gasteiger partial charge in [-0.25, -0.2) is 0 Å². The summed E-state index contributed by atoms with van der Waals surface area (Å²) < 4.78 is 0. The smallest absolute Gasteiger partial charge is 0.0320 e. The van der Waals surface area contributed by atoms with Crippen molar-refractivity contribution in [1.82, 2.24) is 5.32 Å². The Bertz CT molecular complexity index is 478. The molecule has 1 atom stereocenters. The molecule has 112 valence electrons. The van der Waals surface area contributed by atoms with Gasteiger partial charge in [-0.15, -0.1) is 0 Å². The van der Waals surface area contributed by atoms with Crippen LogP contribution in [0.4, 0.5) is 0 Å². The number of rotatable bonds is 9. The van der Waals surface area contributed by atoms with Gasteiger partial charge in [0.05, 0.1) is 0 Å². The number of hydrogen-bond acceptors (Lipinski definition) is 1. The Labute approximate surface area is 129 Å². The second-order valence-corrected chi connectivity index (χ2v) is 5.61. The fraction of sp³-hybridized carbons (Fsp3) is 0.400. The van der Waals surface area contributed by atoms with Crippen molar-refractivity contribution in [2.45, 2.75) is 45.1 Å². The van der Waals surface area contributed by atoms with Gasteiger partial charge in [0.2, 0.25) is 0 Å². The molecule has 0 aliphatic heterocycles. The van der Waals surface area contributed by atoms with E-state index in [4.69, 9.17) is 0 Å². The zero-order valence-electron chi connectivity index (χ0n) is 13.1. The Balaban J connectivity index is 1.70. The van der Waals surface area contributed by atoms with E-state index in [1.54, 1.807) is 0 Å². The lowest BCUT2D eigenvalue weighted by Gasteiger charge is -2.18. The summed E-state index contributed by atoms with van der Waals surface area (Å²) in [5, 5.41) is 3.61. The summed E-state index contributed by atoms with van der Waals surface area (Å²) in [6, 6.07) is 22.1. The van der Waals surface area contributed by atoms with E-state index >= 15 is 0 Å². The summed E-state index contributed by atoms with van der Waals surface area (Å²) in [6.45, 7) is 3.22. The molecule has 0 bridgehead atoms. The molecular weight excluding hydrogens is 254 g/mol. The zero-order valence-corrected chi connectivity index (χ0v) is 13.1. The van der Waals surface area contributed by atoms with E-state index in [9.17, 15) is 0 Å². The first-order valence-corrected chi connectivity index (χ1v) is 8.22. The molecule has 0 saturated heterocycles. The topological polar surface area (TPSA) is 12.0 Å². The molecule has 0 aliphatic carbocycles. The third kappa shape index (κ3) is 5.73. The van der Waals surface area contributed by atoms with Gasteiger partial charge in [0.25, 0.3) is 0 Å². The lowest BCUT2D eigenvalue weighted by atomic mass is 9.99. The van der Waals surface area contributed by atoms with Crippen LogP contribution in [0.15, 0.2) is 60.7 Å². The van der Waals surface area contributed by atoms with Gasteiger partial charge >= 0.3 is 0 Å². The quantitative estimate of drug-likeness (QED) is 0.627. The van der Waals surface area contributed by atoms with Crippen LogP contribution < -0.4 is 5.32 Å². The summed E-state index contributed by atoms with van der Waals surface area (Å²) in [6.07, 6.45) is 6.32. The van der Waals surface area contributed by atoms with E-state index in [0.717, 1.165) is 6.54 Å². The van der Waals surface area contributed by atoms with Crippen LogP contribution in [0.1, 0.15) is 49.8 Å². The molecular formula is C20H27N. The summed E-state index contributed by atoms with van der Waals surface area (Å²) in [7, 11) is 0. The molecule has 0 heterocycles. The maximum Gasteiger partial charge on any atom is 0.0320 e. The van der Waals surface area contributed by atoms with Crippen molar-refractivity contribution in [2.24, 2.45) is 0 Å². The number of unbranched alkanes of at least 4 members (excludes halogenated alkanes) is 2. The van der Waals surface area contributed by atoms with Crippen LogP contribution in [0.2, 0.25) is 0 Å². The van der Waals surface area contributed by atoms with Crippen LogP contribution in [0.3, 0.4) is 0 Å². The first kappa shape index (κ1) is 15.8. The Kier molecular flexibility index (Phi) is 7.03. The van der Waals surface area contributed by atoms with E-state index in [0.29, 0.717) is 6.04 Å². The summed E-state index contributed by atoms with van der Waals surface area (Å²) in [4.78, 5) is 0. The predicted molar refractivity (Wildman–Crippen MR) is 91.5 cm³/mol. The van der Waals surface area contributed by atoms with Gasteiger partial charge in [-0.05, 0) is 36.9 Å². The Hall–Kier alpha value is -1.60.